The predicted octanol–water partition coefficient (Wildman–Crippen LogP) is 0.702. The van der Waals surface area contributed by atoms with Crippen LogP contribution in [0.3, 0.4) is 0 Å². The third kappa shape index (κ3) is 1.79. The number of fused-ring (bicyclic) bond motifs is 1. The van der Waals surface area contributed by atoms with Gasteiger partial charge in [0.25, 0.3) is 5.78 Å². The maximum Gasteiger partial charge on any atom is 0.341 e. The van der Waals surface area contributed by atoms with Crippen LogP contribution in [-0.2, 0) is 5.41 Å². The minimum atomic E-state index is -1.13. The molecule has 2 aromatic heterocycles. The van der Waals surface area contributed by atoms with Crippen molar-refractivity contribution in [3.05, 3.63) is 17.6 Å². The molecular weight excluding hydrogens is 222 g/mol. The fourth-order valence-corrected chi connectivity index (χ4v) is 1.33. The topological polar surface area (TPSA) is 106 Å². The molecule has 0 atom stereocenters. The van der Waals surface area contributed by atoms with Crippen LogP contribution in [0.5, 0.6) is 0 Å². The van der Waals surface area contributed by atoms with Crippen molar-refractivity contribution in [1.29, 1.82) is 0 Å². The second kappa shape index (κ2) is 3.41. The Balaban J connectivity index is 2.70. The summed E-state index contributed by atoms with van der Waals surface area (Å²) >= 11 is 0. The van der Waals surface area contributed by atoms with Crippen LogP contribution < -0.4 is 5.73 Å². The third-order valence-corrected chi connectivity index (χ3v) is 2.30. The quantitative estimate of drug-likeness (QED) is 0.753. The van der Waals surface area contributed by atoms with E-state index in [1.807, 2.05) is 20.8 Å². The van der Waals surface area contributed by atoms with E-state index in [9.17, 15) is 4.79 Å². The number of carbonyl (C=O) groups is 1. The zero-order valence-electron chi connectivity index (χ0n) is 9.80. The van der Waals surface area contributed by atoms with Crippen molar-refractivity contribution in [2.45, 2.75) is 26.2 Å². The Morgan fingerprint density at radius 3 is 2.65 bits per heavy atom. The molecule has 0 bridgehead atoms. The van der Waals surface area contributed by atoms with Gasteiger partial charge in [-0.2, -0.15) is 9.50 Å². The Bertz CT molecular complexity index is 596. The molecule has 7 heteroatoms. The average molecular weight is 235 g/mol. The van der Waals surface area contributed by atoms with Crippen LogP contribution in [0.25, 0.3) is 5.78 Å². The molecule has 0 fully saturated rings. The number of nitrogens with zero attached hydrogens (tertiary/aromatic N) is 4. The molecule has 2 aromatic rings. The highest BCUT2D eigenvalue weighted by molar-refractivity contribution is 5.92. The first-order valence-corrected chi connectivity index (χ1v) is 5.05. The lowest BCUT2D eigenvalue weighted by atomic mass is 9.96. The van der Waals surface area contributed by atoms with Gasteiger partial charge in [-0.1, -0.05) is 20.8 Å². The summed E-state index contributed by atoms with van der Waals surface area (Å²) in [5, 5.41) is 13.1. The molecule has 0 amide bonds. The standard InChI is InChI=1S/C10H13N5O2/c1-10(2,3)8-13-9-12-4-5(7(16)17)6(11)15(9)14-8/h4H,11H2,1-3H3,(H,16,17). The number of carboxylic acid groups (broad SMARTS) is 1. The van der Waals surface area contributed by atoms with Crippen LogP contribution in [0.2, 0.25) is 0 Å². The zero-order valence-corrected chi connectivity index (χ0v) is 9.80. The highest BCUT2D eigenvalue weighted by Gasteiger charge is 2.22. The number of aromatic nitrogens is 4. The molecule has 0 spiro atoms. The highest BCUT2D eigenvalue weighted by atomic mass is 16.4. The monoisotopic (exact) mass is 235 g/mol. The lowest BCUT2D eigenvalue weighted by Gasteiger charge is -2.11. The normalized spacial score (nSPS) is 11.9. The average Bonchev–Trinajstić information content (AvgIpc) is 2.61. The molecule has 2 heterocycles. The molecule has 0 saturated carbocycles. The molecule has 0 aromatic carbocycles. The number of aromatic carboxylic acids is 1. The van der Waals surface area contributed by atoms with Gasteiger partial charge in [-0.25, -0.2) is 9.78 Å². The SMILES string of the molecule is CC(C)(C)c1nc2ncc(C(=O)O)c(N)n2n1. The van der Waals surface area contributed by atoms with Gasteiger partial charge in [0.05, 0.1) is 0 Å². The number of nitrogen functional groups attached to an aromatic ring is 1. The van der Waals surface area contributed by atoms with E-state index in [2.05, 4.69) is 15.1 Å². The Morgan fingerprint density at radius 1 is 1.47 bits per heavy atom. The summed E-state index contributed by atoms with van der Waals surface area (Å²) in [6.07, 6.45) is 1.19. The minimum absolute atomic E-state index is 0.0329. The summed E-state index contributed by atoms with van der Waals surface area (Å²) in [5.41, 5.74) is 5.39. The Kier molecular flexibility index (Phi) is 2.27. The van der Waals surface area contributed by atoms with Gasteiger partial charge in [-0.3, -0.25) is 0 Å². The molecular formula is C10H13N5O2. The largest absolute Gasteiger partial charge is 0.477 e. The molecule has 2 rings (SSSR count). The van der Waals surface area contributed by atoms with E-state index in [0.29, 0.717) is 11.6 Å². The van der Waals surface area contributed by atoms with Gasteiger partial charge in [-0.15, -0.1) is 5.10 Å². The molecule has 3 N–H and O–H groups in total. The van der Waals surface area contributed by atoms with Gasteiger partial charge < -0.3 is 10.8 Å². The number of nitrogens with two attached hydrogens (primary N) is 1. The van der Waals surface area contributed by atoms with Gasteiger partial charge in [0.15, 0.2) is 5.82 Å². The second-order valence-corrected chi connectivity index (χ2v) is 4.76. The fraction of sp³-hybridized carbons (Fsp3) is 0.400. The van der Waals surface area contributed by atoms with E-state index in [1.54, 1.807) is 0 Å². The van der Waals surface area contributed by atoms with Gasteiger partial charge in [0.1, 0.15) is 11.4 Å². The first kappa shape index (κ1) is 11.3. The number of hydrogen-bond acceptors (Lipinski definition) is 5. The van der Waals surface area contributed by atoms with Gasteiger partial charge in [0, 0.05) is 11.6 Å². The first-order chi connectivity index (χ1) is 7.80. The number of carboxylic acids is 1. The summed E-state index contributed by atoms with van der Waals surface area (Å²) in [6, 6.07) is 0. The van der Waals surface area contributed by atoms with E-state index in [-0.39, 0.29) is 16.8 Å². The molecule has 0 aliphatic carbocycles. The Morgan fingerprint density at radius 2 is 2.12 bits per heavy atom. The van der Waals surface area contributed by atoms with Crippen molar-refractivity contribution < 1.29 is 9.90 Å². The maximum absolute atomic E-state index is 10.9. The highest BCUT2D eigenvalue weighted by Crippen LogP contribution is 2.20. The number of anilines is 1. The second-order valence-electron chi connectivity index (χ2n) is 4.76. The van der Waals surface area contributed by atoms with Crippen molar-refractivity contribution >= 4 is 17.6 Å². The van der Waals surface area contributed by atoms with Crippen LogP contribution in [-0.4, -0.2) is 30.7 Å². The van der Waals surface area contributed by atoms with Crippen LogP contribution >= 0.6 is 0 Å². The van der Waals surface area contributed by atoms with E-state index in [1.165, 1.54) is 10.7 Å². The van der Waals surface area contributed by atoms with Crippen LogP contribution in [0.1, 0.15) is 37.0 Å². The van der Waals surface area contributed by atoms with Crippen molar-refractivity contribution in [2.24, 2.45) is 0 Å². The molecule has 0 saturated heterocycles. The van der Waals surface area contributed by atoms with E-state index < -0.39 is 5.97 Å². The predicted molar refractivity (Wildman–Crippen MR) is 60.9 cm³/mol. The molecule has 7 nitrogen and oxygen atoms in total. The molecule has 0 aliphatic heterocycles. The summed E-state index contributed by atoms with van der Waals surface area (Å²) in [4.78, 5) is 19.0. The molecule has 90 valence electrons. The first-order valence-electron chi connectivity index (χ1n) is 5.05. The summed E-state index contributed by atoms with van der Waals surface area (Å²) in [6.45, 7) is 5.86. The minimum Gasteiger partial charge on any atom is -0.477 e. The van der Waals surface area contributed by atoms with Gasteiger partial charge >= 0.3 is 5.97 Å². The Hall–Kier alpha value is -2.18. The van der Waals surface area contributed by atoms with Crippen LogP contribution in [0.4, 0.5) is 5.82 Å². The molecule has 17 heavy (non-hydrogen) atoms. The lowest BCUT2D eigenvalue weighted by Crippen LogP contribution is -2.14. The zero-order chi connectivity index (χ0) is 12.8. The van der Waals surface area contributed by atoms with Gasteiger partial charge in [-0.05, 0) is 0 Å². The summed E-state index contributed by atoms with van der Waals surface area (Å²) in [7, 11) is 0. The fourth-order valence-electron chi connectivity index (χ4n) is 1.33. The lowest BCUT2D eigenvalue weighted by molar-refractivity contribution is 0.0697. The summed E-state index contributed by atoms with van der Waals surface area (Å²) < 4.78 is 1.25. The van der Waals surface area contributed by atoms with Crippen molar-refractivity contribution in [1.82, 2.24) is 19.6 Å². The Labute approximate surface area is 97.3 Å². The smallest absolute Gasteiger partial charge is 0.341 e. The van der Waals surface area contributed by atoms with Crippen LogP contribution in [0, 0.1) is 0 Å². The van der Waals surface area contributed by atoms with E-state index in [0.717, 1.165) is 0 Å². The van der Waals surface area contributed by atoms with Crippen molar-refractivity contribution in [2.75, 3.05) is 5.73 Å². The van der Waals surface area contributed by atoms with Crippen LogP contribution in [0.15, 0.2) is 6.20 Å². The van der Waals surface area contributed by atoms with E-state index in [4.69, 9.17) is 10.8 Å². The maximum atomic E-state index is 10.9. The van der Waals surface area contributed by atoms with Gasteiger partial charge in [0.2, 0.25) is 0 Å². The number of rotatable bonds is 1. The third-order valence-electron chi connectivity index (χ3n) is 2.30. The van der Waals surface area contributed by atoms with Crippen molar-refractivity contribution in [3.63, 3.8) is 0 Å². The van der Waals surface area contributed by atoms with E-state index >= 15 is 0 Å². The number of hydrogen-bond donors (Lipinski definition) is 2. The molecule has 0 aliphatic rings. The summed E-state index contributed by atoms with van der Waals surface area (Å²) in [5.74, 6) is -0.230. The van der Waals surface area contributed by atoms with Crippen molar-refractivity contribution in [3.8, 4) is 0 Å². The molecule has 0 unspecified atom stereocenters. The molecule has 0 radical (unpaired) electrons.